The van der Waals surface area contributed by atoms with E-state index in [4.69, 9.17) is 5.11 Å². The maximum absolute atomic E-state index is 12.0. The fourth-order valence-electron chi connectivity index (χ4n) is 1.79. The molecule has 108 valence electrons. The second-order valence-corrected chi connectivity index (χ2v) is 4.39. The molecule has 0 saturated heterocycles. The van der Waals surface area contributed by atoms with Gasteiger partial charge in [-0.25, -0.2) is 0 Å². The molecule has 0 unspecified atom stereocenters. The number of para-hydroxylation sites is 1. The third kappa shape index (κ3) is 3.50. The Bertz CT molecular complexity index is 679. The summed E-state index contributed by atoms with van der Waals surface area (Å²) in [6.45, 7) is 0. The van der Waals surface area contributed by atoms with Crippen LogP contribution in [0.25, 0.3) is 0 Å². The van der Waals surface area contributed by atoms with Crippen LogP contribution in [0, 0.1) is 0 Å². The molecular formula is C15H13NO5. The second-order valence-electron chi connectivity index (χ2n) is 4.39. The third-order valence-electron chi connectivity index (χ3n) is 2.83. The van der Waals surface area contributed by atoms with Crippen molar-refractivity contribution in [3.8, 4) is 11.5 Å². The Morgan fingerprint density at radius 1 is 1.00 bits per heavy atom. The van der Waals surface area contributed by atoms with E-state index in [1.807, 2.05) is 0 Å². The molecule has 0 radical (unpaired) electrons. The molecule has 0 aromatic heterocycles. The summed E-state index contributed by atoms with van der Waals surface area (Å²) in [5.74, 6) is -2.37. The molecule has 0 aliphatic rings. The molecule has 0 fully saturated rings. The van der Waals surface area contributed by atoms with E-state index in [1.165, 1.54) is 18.2 Å². The quantitative estimate of drug-likeness (QED) is 0.643. The van der Waals surface area contributed by atoms with Gasteiger partial charge in [-0.1, -0.05) is 18.2 Å². The largest absolute Gasteiger partial charge is 0.504 e. The van der Waals surface area contributed by atoms with Crippen molar-refractivity contribution in [2.75, 3.05) is 5.32 Å². The highest BCUT2D eigenvalue weighted by molar-refractivity contribution is 6.06. The molecule has 0 bridgehead atoms. The lowest BCUT2D eigenvalue weighted by molar-refractivity contribution is -0.136. The Morgan fingerprint density at radius 3 is 2.29 bits per heavy atom. The van der Waals surface area contributed by atoms with Crippen molar-refractivity contribution in [2.45, 2.75) is 6.42 Å². The second kappa shape index (κ2) is 5.96. The van der Waals surface area contributed by atoms with Crippen molar-refractivity contribution in [2.24, 2.45) is 0 Å². The molecule has 2 aromatic rings. The number of nitrogens with one attached hydrogen (secondary N) is 1. The molecule has 0 aliphatic heterocycles. The molecule has 0 heterocycles. The van der Waals surface area contributed by atoms with Gasteiger partial charge in [0.15, 0.2) is 11.5 Å². The highest BCUT2D eigenvalue weighted by Gasteiger charge is 2.14. The first kappa shape index (κ1) is 14.4. The highest BCUT2D eigenvalue weighted by Crippen LogP contribution is 2.28. The average Bonchev–Trinajstić information content (AvgIpc) is 2.43. The lowest BCUT2D eigenvalue weighted by Gasteiger charge is -2.08. The van der Waals surface area contributed by atoms with Crippen LogP contribution in [0.15, 0.2) is 42.5 Å². The maximum atomic E-state index is 12.0. The molecule has 4 N–H and O–H groups in total. The van der Waals surface area contributed by atoms with Crippen molar-refractivity contribution in [3.05, 3.63) is 53.6 Å². The molecular weight excluding hydrogens is 274 g/mol. The average molecular weight is 287 g/mol. The molecule has 21 heavy (non-hydrogen) atoms. The molecule has 0 saturated carbocycles. The van der Waals surface area contributed by atoms with Gasteiger partial charge in [0, 0.05) is 5.69 Å². The number of hydrogen-bond acceptors (Lipinski definition) is 4. The lowest BCUT2D eigenvalue weighted by atomic mass is 10.1. The van der Waals surface area contributed by atoms with Crippen LogP contribution in [-0.4, -0.2) is 27.2 Å². The van der Waals surface area contributed by atoms with Gasteiger partial charge in [0.2, 0.25) is 0 Å². The molecule has 1 amide bonds. The molecule has 6 nitrogen and oxygen atoms in total. The van der Waals surface area contributed by atoms with Gasteiger partial charge in [-0.2, -0.15) is 0 Å². The SMILES string of the molecule is O=C(O)Cc1ccc(NC(=O)c2cccc(O)c2O)cc1. The van der Waals surface area contributed by atoms with Crippen LogP contribution in [0.4, 0.5) is 5.69 Å². The zero-order chi connectivity index (χ0) is 15.4. The van der Waals surface area contributed by atoms with Gasteiger partial charge in [-0.15, -0.1) is 0 Å². The number of anilines is 1. The molecule has 0 aliphatic carbocycles. The molecule has 2 aromatic carbocycles. The number of phenolic OH excluding ortho intramolecular Hbond substituents is 2. The first-order valence-corrected chi connectivity index (χ1v) is 6.10. The number of phenols is 2. The summed E-state index contributed by atoms with van der Waals surface area (Å²) >= 11 is 0. The van der Waals surface area contributed by atoms with Gasteiger partial charge in [0.1, 0.15) is 0 Å². The maximum Gasteiger partial charge on any atom is 0.307 e. The zero-order valence-electron chi connectivity index (χ0n) is 10.9. The highest BCUT2D eigenvalue weighted by atomic mass is 16.4. The van der Waals surface area contributed by atoms with Crippen molar-refractivity contribution in [3.63, 3.8) is 0 Å². The van der Waals surface area contributed by atoms with Crippen LogP contribution in [0.1, 0.15) is 15.9 Å². The summed E-state index contributed by atoms with van der Waals surface area (Å²) in [4.78, 5) is 22.5. The Labute approximate surface area is 120 Å². The number of amides is 1. The minimum absolute atomic E-state index is 0.0513. The van der Waals surface area contributed by atoms with E-state index in [9.17, 15) is 19.8 Å². The summed E-state index contributed by atoms with van der Waals surface area (Å²) in [5, 5.41) is 30.2. The number of aliphatic carboxylic acids is 1. The number of carboxylic acids is 1. The smallest absolute Gasteiger partial charge is 0.307 e. The Balaban J connectivity index is 2.12. The monoisotopic (exact) mass is 287 g/mol. The number of carboxylic acid groups (broad SMARTS) is 1. The number of hydrogen-bond donors (Lipinski definition) is 4. The van der Waals surface area contributed by atoms with E-state index >= 15 is 0 Å². The van der Waals surface area contributed by atoms with Crippen molar-refractivity contribution < 1.29 is 24.9 Å². The summed E-state index contributed by atoms with van der Waals surface area (Å²) < 4.78 is 0. The third-order valence-corrected chi connectivity index (χ3v) is 2.83. The minimum Gasteiger partial charge on any atom is -0.504 e. The predicted octanol–water partition coefficient (Wildman–Crippen LogP) is 1.98. The van der Waals surface area contributed by atoms with Gasteiger partial charge in [0.25, 0.3) is 5.91 Å². The van der Waals surface area contributed by atoms with Crippen molar-refractivity contribution >= 4 is 17.6 Å². The van der Waals surface area contributed by atoms with E-state index in [-0.39, 0.29) is 17.7 Å². The molecule has 0 spiro atoms. The van der Waals surface area contributed by atoms with Crippen LogP contribution in [0.2, 0.25) is 0 Å². The van der Waals surface area contributed by atoms with E-state index in [1.54, 1.807) is 24.3 Å². The minimum atomic E-state index is -0.934. The standard InChI is InChI=1S/C15H13NO5/c17-12-3-1-2-11(14(12)20)15(21)16-10-6-4-9(5-7-10)8-13(18)19/h1-7,17,20H,8H2,(H,16,21)(H,18,19). The lowest BCUT2D eigenvalue weighted by Crippen LogP contribution is -2.12. The van der Waals surface area contributed by atoms with Gasteiger partial charge in [0.05, 0.1) is 12.0 Å². The molecule has 0 atom stereocenters. The Hall–Kier alpha value is -3.02. The summed E-state index contributed by atoms with van der Waals surface area (Å²) in [6, 6.07) is 10.4. The van der Waals surface area contributed by atoms with E-state index < -0.39 is 17.6 Å². The van der Waals surface area contributed by atoms with Gasteiger partial charge >= 0.3 is 5.97 Å². The first-order chi connectivity index (χ1) is 9.97. The van der Waals surface area contributed by atoms with Crippen molar-refractivity contribution in [1.82, 2.24) is 0 Å². The molecule has 6 heteroatoms. The fourth-order valence-corrected chi connectivity index (χ4v) is 1.79. The number of aromatic hydroxyl groups is 2. The van der Waals surface area contributed by atoms with Crippen LogP contribution in [-0.2, 0) is 11.2 Å². The first-order valence-electron chi connectivity index (χ1n) is 6.10. The van der Waals surface area contributed by atoms with Gasteiger partial charge in [-0.05, 0) is 29.8 Å². The number of carbonyl (C=O) groups excluding carboxylic acids is 1. The van der Waals surface area contributed by atoms with Gasteiger partial charge in [-0.3, -0.25) is 9.59 Å². The number of rotatable bonds is 4. The zero-order valence-corrected chi connectivity index (χ0v) is 10.9. The number of benzene rings is 2. The topological polar surface area (TPSA) is 107 Å². The van der Waals surface area contributed by atoms with E-state index in [0.717, 1.165) is 0 Å². The summed E-state index contributed by atoms with van der Waals surface area (Å²) in [6.07, 6.45) is -0.0957. The fraction of sp³-hybridized carbons (Fsp3) is 0.0667. The predicted molar refractivity (Wildman–Crippen MR) is 75.5 cm³/mol. The van der Waals surface area contributed by atoms with Crippen molar-refractivity contribution in [1.29, 1.82) is 0 Å². The van der Waals surface area contributed by atoms with Gasteiger partial charge < -0.3 is 20.6 Å². The number of carbonyl (C=O) groups is 2. The van der Waals surface area contributed by atoms with Crippen LogP contribution in [0.3, 0.4) is 0 Å². The van der Waals surface area contributed by atoms with Crippen LogP contribution in [0.5, 0.6) is 11.5 Å². The van der Waals surface area contributed by atoms with E-state index in [0.29, 0.717) is 11.3 Å². The van der Waals surface area contributed by atoms with Crippen LogP contribution < -0.4 is 5.32 Å². The Kier molecular flexibility index (Phi) is 4.08. The molecule has 2 rings (SSSR count). The summed E-state index contributed by atoms with van der Waals surface area (Å²) in [5.41, 5.74) is 1.02. The summed E-state index contributed by atoms with van der Waals surface area (Å²) in [7, 11) is 0. The normalized spacial score (nSPS) is 10.1. The van der Waals surface area contributed by atoms with Crippen LogP contribution >= 0.6 is 0 Å². The Morgan fingerprint density at radius 2 is 1.67 bits per heavy atom. The van der Waals surface area contributed by atoms with E-state index in [2.05, 4.69) is 5.32 Å².